The zero-order valence-electron chi connectivity index (χ0n) is 14.3. The Morgan fingerprint density at radius 3 is 2.65 bits per heavy atom. The molecule has 1 N–H and O–H groups in total. The van der Waals surface area contributed by atoms with Gasteiger partial charge >= 0.3 is 6.09 Å². The van der Waals surface area contributed by atoms with Crippen molar-refractivity contribution in [2.75, 3.05) is 5.32 Å². The van der Waals surface area contributed by atoms with E-state index in [0.717, 1.165) is 12.1 Å². The molecule has 2 amide bonds. The molecular weight excluding hydrogens is 296 g/mol. The van der Waals surface area contributed by atoms with Crippen molar-refractivity contribution in [3.8, 4) is 0 Å². The molecule has 2 rings (SSSR count). The largest absolute Gasteiger partial charge is 0.443 e. The van der Waals surface area contributed by atoms with Crippen molar-refractivity contribution in [1.29, 1.82) is 0 Å². The summed E-state index contributed by atoms with van der Waals surface area (Å²) in [5, 5.41) is 7.02. The van der Waals surface area contributed by atoms with Crippen molar-refractivity contribution < 1.29 is 14.3 Å². The molecule has 1 unspecified atom stereocenters. The lowest BCUT2D eigenvalue weighted by atomic mass is 10.1. The molecule has 7 nitrogen and oxygen atoms in total. The van der Waals surface area contributed by atoms with Crippen LogP contribution in [-0.2, 0) is 16.6 Å². The summed E-state index contributed by atoms with van der Waals surface area (Å²) in [5.74, 6) is 0.356. The summed E-state index contributed by atoms with van der Waals surface area (Å²) in [6.45, 7) is 7.25. The summed E-state index contributed by atoms with van der Waals surface area (Å²) in [7, 11) is 1.76. The molecule has 1 aromatic rings. The van der Waals surface area contributed by atoms with Crippen LogP contribution in [0.15, 0.2) is 18.3 Å². The highest BCUT2D eigenvalue weighted by Crippen LogP contribution is 2.20. The second-order valence-electron chi connectivity index (χ2n) is 6.65. The van der Waals surface area contributed by atoms with Crippen LogP contribution in [0.3, 0.4) is 0 Å². The van der Waals surface area contributed by atoms with Crippen LogP contribution in [0.2, 0.25) is 0 Å². The van der Waals surface area contributed by atoms with Gasteiger partial charge in [-0.3, -0.25) is 14.4 Å². The molecule has 0 spiro atoms. The number of allylic oxidation sites excluding steroid dienone is 1. The lowest BCUT2D eigenvalue weighted by molar-refractivity contribution is -0.120. The zero-order chi connectivity index (χ0) is 17.2. The van der Waals surface area contributed by atoms with Gasteiger partial charge < -0.3 is 10.1 Å². The van der Waals surface area contributed by atoms with Crippen LogP contribution in [0.25, 0.3) is 0 Å². The van der Waals surface area contributed by atoms with Gasteiger partial charge in [-0.15, -0.1) is 0 Å². The molecule has 2 heterocycles. The van der Waals surface area contributed by atoms with E-state index in [1.807, 2.05) is 13.0 Å². The minimum atomic E-state index is -0.609. The van der Waals surface area contributed by atoms with Gasteiger partial charge in [-0.05, 0) is 40.5 Å². The fourth-order valence-electron chi connectivity index (χ4n) is 2.38. The Hall–Kier alpha value is -2.31. The average Bonchev–Trinajstić information content (AvgIpc) is 2.75. The molecule has 0 bridgehead atoms. The number of nitrogens with one attached hydrogen (secondary N) is 1. The Balaban J connectivity index is 2.12. The van der Waals surface area contributed by atoms with Crippen LogP contribution in [0.1, 0.15) is 39.3 Å². The summed E-state index contributed by atoms with van der Waals surface area (Å²) >= 11 is 0. The van der Waals surface area contributed by atoms with E-state index < -0.39 is 17.7 Å². The molecule has 0 radical (unpaired) electrons. The smallest absolute Gasteiger partial charge is 0.415 e. The standard InChI is InChI=1S/C16H24N4O3/c1-11-10-13(19(5)18-11)17-14(21)12-8-6-7-9-20(12)15(22)23-16(2,3)4/h7,9-10,12H,6,8H2,1-5H3,(H,17,21). The Morgan fingerprint density at radius 1 is 1.39 bits per heavy atom. The van der Waals surface area contributed by atoms with Gasteiger partial charge in [0.25, 0.3) is 0 Å². The molecule has 1 aliphatic heterocycles. The van der Waals surface area contributed by atoms with E-state index in [9.17, 15) is 9.59 Å². The number of hydrogen-bond acceptors (Lipinski definition) is 4. The lowest BCUT2D eigenvalue weighted by Gasteiger charge is -2.32. The van der Waals surface area contributed by atoms with Crippen LogP contribution >= 0.6 is 0 Å². The SMILES string of the molecule is Cc1cc(NC(=O)C2CCC=CN2C(=O)OC(C)(C)C)n(C)n1. The fraction of sp³-hybridized carbons (Fsp3) is 0.562. The molecule has 23 heavy (non-hydrogen) atoms. The minimum absolute atomic E-state index is 0.247. The zero-order valence-corrected chi connectivity index (χ0v) is 14.3. The third-order valence-electron chi connectivity index (χ3n) is 3.37. The fourth-order valence-corrected chi connectivity index (χ4v) is 2.38. The Bertz CT molecular complexity index is 628. The van der Waals surface area contributed by atoms with Gasteiger partial charge in [-0.1, -0.05) is 6.08 Å². The third-order valence-corrected chi connectivity index (χ3v) is 3.37. The van der Waals surface area contributed by atoms with Crippen molar-refractivity contribution in [3.63, 3.8) is 0 Å². The van der Waals surface area contributed by atoms with Gasteiger partial charge in [0.15, 0.2) is 0 Å². The highest BCUT2D eigenvalue weighted by molar-refractivity contribution is 5.96. The summed E-state index contributed by atoms with van der Waals surface area (Å²) in [6, 6.07) is 1.19. The Morgan fingerprint density at radius 2 is 2.09 bits per heavy atom. The van der Waals surface area contributed by atoms with E-state index in [1.165, 1.54) is 4.90 Å². The first-order valence-electron chi connectivity index (χ1n) is 7.67. The maximum absolute atomic E-state index is 12.6. The summed E-state index contributed by atoms with van der Waals surface area (Å²) in [6.07, 6.45) is 4.26. The quantitative estimate of drug-likeness (QED) is 0.908. The number of hydrogen-bond donors (Lipinski definition) is 1. The van der Waals surface area contributed by atoms with Crippen molar-refractivity contribution >= 4 is 17.8 Å². The summed E-state index contributed by atoms with van der Waals surface area (Å²) in [4.78, 5) is 26.2. The van der Waals surface area contributed by atoms with Crippen molar-refractivity contribution in [2.45, 2.75) is 52.2 Å². The number of nitrogens with zero attached hydrogens (tertiary/aromatic N) is 3. The minimum Gasteiger partial charge on any atom is -0.443 e. The number of anilines is 1. The van der Waals surface area contributed by atoms with Crippen molar-refractivity contribution in [1.82, 2.24) is 14.7 Å². The van der Waals surface area contributed by atoms with E-state index in [1.54, 1.807) is 44.8 Å². The normalized spacial score (nSPS) is 18.0. The number of carbonyl (C=O) groups excluding carboxylic acids is 2. The van der Waals surface area contributed by atoms with Gasteiger partial charge in [0, 0.05) is 19.3 Å². The molecule has 7 heteroatoms. The van der Waals surface area contributed by atoms with E-state index in [2.05, 4.69) is 10.4 Å². The maximum Gasteiger partial charge on any atom is 0.415 e. The first-order valence-corrected chi connectivity index (χ1v) is 7.67. The third kappa shape index (κ3) is 4.34. The highest BCUT2D eigenvalue weighted by Gasteiger charge is 2.33. The van der Waals surface area contributed by atoms with Gasteiger partial charge in [0.1, 0.15) is 17.5 Å². The number of aromatic nitrogens is 2. The van der Waals surface area contributed by atoms with Gasteiger partial charge in [0.2, 0.25) is 5.91 Å². The maximum atomic E-state index is 12.6. The van der Waals surface area contributed by atoms with Crippen LogP contribution in [-0.4, -0.2) is 38.3 Å². The number of carbonyl (C=O) groups is 2. The topological polar surface area (TPSA) is 76.5 Å². The first kappa shape index (κ1) is 17.1. The van der Waals surface area contributed by atoms with Crippen LogP contribution in [0.4, 0.5) is 10.6 Å². The predicted octanol–water partition coefficient (Wildman–Crippen LogP) is 2.58. The molecule has 0 aromatic carbocycles. The number of ether oxygens (including phenoxy) is 1. The second kappa shape index (κ2) is 6.44. The second-order valence-corrected chi connectivity index (χ2v) is 6.65. The van der Waals surface area contributed by atoms with Crippen LogP contribution < -0.4 is 5.32 Å². The van der Waals surface area contributed by atoms with E-state index >= 15 is 0 Å². The van der Waals surface area contributed by atoms with Gasteiger partial charge in [0.05, 0.1) is 5.69 Å². The Kier molecular flexibility index (Phi) is 4.77. The number of rotatable bonds is 2. The van der Waals surface area contributed by atoms with Gasteiger partial charge in [-0.25, -0.2) is 4.79 Å². The van der Waals surface area contributed by atoms with E-state index in [0.29, 0.717) is 12.2 Å². The average molecular weight is 320 g/mol. The number of aryl methyl sites for hydroxylation is 2. The van der Waals surface area contributed by atoms with Gasteiger partial charge in [-0.2, -0.15) is 5.10 Å². The van der Waals surface area contributed by atoms with E-state index in [4.69, 9.17) is 4.74 Å². The van der Waals surface area contributed by atoms with Crippen LogP contribution in [0, 0.1) is 6.92 Å². The molecule has 0 aliphatic carbocycles. The molecule has 1 aliphatic rings. The monoisotopic (exact) mass is 320 g/mol. The molecule has 1 aromatic heterocycles. The molecule has 0 saturated heterocycles. The molecule has 0 saturated carbocycles. The number of amides is 2. The molecule has 126 valence electrons. The van der Waals surface area contributed by atoms with Crippen LogP contribution in [0.5, 0.6) is 0 Å². The summed E-state index contributed by atoms with van der Waals surface area (Å²) < 4.78 is 6.97. The predicted molar refractivity (Wildman–Crippen MR) is 86.8 cm³/mol. The van der Waals surface area contributed by atoms with Crippen molar-refractivity contribution in [3.05, 3.63) is 24.0 Å². The molecular formula is C16H24N4O3. The van der Waals surface area contributed by atoms with E-state index in [-0.39, 0.29) is 5.91 Å². The summed E-state index contributed by atoms with van der Waals surface area (Å²) in [5.41, 5.74) is 0.207. The lowest BCUT2D eigenvalue weighted by Crippen LogP contribution is -2.47. The Labute approximate surface area is 136 Å². The molecule has 0 fully saturated rings. The first-order chi connectivity index (χ1) is 10.7. The molecule has 1 atom stereocenters. The van der Waals surface area contributed by atoms with Crippen molar-refractivity contribution in [2.24, 2.45) is 7.05 Å². The highest BCUT2D eigenvalue weighted by atomic mass is 16.6.